The van der Waals surface area contributed by atoms with Gasteiger partial charge in [0.1, 0.15) is 0 Å². The molecule has 1 nitrogen and oxygen atoms in total. The highest BCUT2D eigenvalue weighted by atomic mass is 35.5. The van der Waals surface area contributed by atoms with Gasteiger partial charge in [0.2, 0.25) is 0 Å². The van der Waals surface area contributed by atoms with Crippen molar-refractivity contribution in [3.8, 4) is 0 Å². The zero-order valence-electron chi connectivity index (χ0n) is 13.0. The molecule has 2 fully saturated rings. The number of rotatable bonds is 3. The molecule has 116 valence electrons. The second-order valence-corrected chi connectivity index (χ2v) is 7.52. The molecule has 0 radical (unpaired) electrons. The summed E-state index contributed by atoms with van der Waals surface area (Å²) in [5.74, 6) is 0.681. The van der Waals surface area contributed by atoms with E-state index in [1.807, 2.05) is 0 Å². The van der Waals surface area contributed by atoms with E-state index in [2.05, 4.69) is 18.2 Å². The molecular weight excluding hydrogens is 278 g/mol. The van der Waals surface area contributed by atoms with Gasteiger partial charge in [-0.2, -0.15) is 0 Å². The first kappa shape index (κ1) is 15.4. The summed E-state index contributed by atoms with van der Waals surface area (Å²) in [6, 6.07) is 6.87. The maximum absolute atomic E-state index is 6.66. The first-order valence-electron chi connectivity index (χ1n) is 8.75. The van der Waals surface area contributed by atoms with Crippen LogP contribution >= 0.6 is 11.6 Å². The maximum atomic E-state index is 6.66. The van der Waals surface area contributed by atoms with Gasteiger partial charge in [-0.3, -0.25) is 0 Å². The van der Waals surface area contributed by atoms with Crippen LogP contribution in [0.3, 0.4) is 0 Å². The second kappa shape index (κ2) is 6.71. The first-order chi connectivity index (χ1) is 10.2. The van der Waals surface area contributed by atoms with Crippen molar-refractivity contribution in [1.29, 1.82) is 0 Å². The second-order valence-electron chi connectivity index (χ2n) is 7.12. The van der Waals surface area contributed by atoms with E-state index in [0.29, 0.717) is 5.92 Å². The predicted octanol–water partition coefficient (Wildman–Crippen LogP) is 5.55. The van der Waals surface area contributed by atoms with Crippen molar-refractivity contribution in [1.82, 2.24) is 0 Å². The monoisotopic (exact) mass is 305 g/mol. The molecule has 2 heteroatoms. The minimum absolute atomic E-state index is 0.187. The van der Waals surface area contributed by atoms with Crippen LogP contribution in [0.1, 0.15) is 81.3 Å². The molecular formula is C19H28ClN. The lowest BCUT2D eigenvalue weighted by Crippen LogP contribution is -2.37. The smallest absolute Gasteiger partial charge is 0.0443 e. The summed E-state index contributed by atoms with van der Waals surface area (Å²) in [6.45, 7) is 0.756. The summed E-state index contributed by atoms with van der Waals surface area (Å²) in [6.07, 6.45) is 13.1. The Morgan fingerprint density at radius 1 is 1.00 bits per heavy atom. The van der Waals surface area contributed by atoms with Gasteiger partial charge >= 0.3 is 0 Å². The van der Waals surface area contributed by atoms with Crippen LogP contribution in [-0.4, -0.2) is 6.54 Å². The third-order valence-electron chi connectivity index (χ3n) is 5.86. The predicted molar refractivity (Wildman–Crippen MR) is 91.1 cm³/mol. The third-order valence-corrected chi connectivity index (χ3v) is 6.19. The lowest BCUT2D eigenvalue weighted by molar-refractivity contribution is 0.300. The van der Waals surface area contributed by atoms with Crippen molar-refractivity contribution < 1.29 is 0 Å². The molecule has 21 heavy (non-hydrogen) atoms. The van der Waals surface area contributed by atoms with Gasteiger partial charge in [0.05, 0.1) is 0 Å². The molecule has 2 saturated carbocycles. The molecule has 1 aromatic carbocycles. The van der Waals surface area contributed by atoms with Gasteiger partial charge in [0.25, 0.3) is 0 Å². The van der Waals surface area contributed by atoms with Gasteiger partial charge in [-0.05, 0) is 48.8 Å². The SMILES string of the molecule is NCC1(c2ccc(C3CCCCC3)c(Cl)c2)CCCCC1. The Hall–Kier alpha value is -0.530. The number of benzene rings is 1. The summed E-state index contributed by atoms with van der Waals surface area (Å²) in [5, 5.41) is 0.984. The molecule has 2 aliphatic carbocycles. The molecule has 1 aromatic rings. The highest BCUT2D eigenvalue weighted by molar-refractivity contribution is 6.31. The van der Waals surface area contributed by atoms with Crippen molar-refractivity contribution in [3.05, 3.63) is 34.3 Å². The van der Waals surface area contributed by atoms with Crippen LogP contribution in [0.5, 0.6) is 0 Å². The lowest BCUT2D eigenvalue weighted by Gasteiger charge is -2.37. The summed E-state index contributed by atoms with van der Waals surface area (Å²) >= 11 is 6.66. The van der Waals surface area contributed by atoms with Gasteiger partial charge in [-0.25, -0.2) is 0 Å². The van der Waals surface area contributed by atoms with Gasteiger partial charge < -0.3 is 5.73 Å². The minimum Gasteiger partial charge on any atom is -0.330 e. The number of hydrogen-bond donors (Lipinski definition) is 1. The molecule has 0 unspecified atom stereocenters. The van der Waals surface area contributed by atoms with E-state index in [4.69, 9.17) is 17.3 Å². The highest BCUT2D eigenvalue weighted by Gasteiger charge is 2.33. The van der Waals surface area contributed by atoms with Crippen LogP contribution in [-0.2, 0) is 5.41 Å². The maximum Gasteiger partial charge on any atom is 0.0443 e. The molecule has 0 heterocycles. The standard InChI is InChI=1S/C19H28ClN/c20-18-13-16(19(14-21)11-5-2-6-12-19)9-10-17(18)15-7-3-1-4-8-15/h9-10,13,15H,1-8,11-12,14,21H2. The molecule has 3 rings (SSSR count). The molecule has 0 aliphatic heterocycles. The quantitative estimate of drug-likeness (QED) is 0.778. The number of hydrogen-bond acceptors (Lipinski definition) is 1. The van der Waals surface area contributed by atoms with Gasteiger partial charge in [0.15, 0.2) is 0 Å². The van der Waals surface area contributed by atoms with Crippen LogP contribution in [0, 0.1) is 0 Å². The average Bonchev–Trinajstić information content (AvgIpc) is 2.56. The lowest BCUT2D eigenvalue weighted by atomic mass is 9.69. The molecule has 0 aromatic heterocycles. The van der Waals surface area contributed by atoms with E-state index in [1.54, 1.807) is 0 Å². The Bertz CT molecular complexity index is 470. The molecule has 0 saturated heterocycles. The van der Waals surface area contributed by atoms with Gasteiger partial charge in [0, 0.05) is 17.0 Å². The minimum atomic E-state index is 0.187. The summed E-state index contributed by atoms with van der Waals surface area (Å²) in [4.78, 5) is 0. The molecule has 2 N–H and O–H groups in total. The van der Waals surface area contributed by atoms with Crippen molar-refractivity contribution in [2.75, 3.05) is 6.54 Å². The fourth-order valence-electron chi connectivity index (χ4n) is 4.44. The van der Waals surface area contributed by atoms with Crippen LogP contribution < -0.4 is 5.73 Å². The summed E-state index contributed by atoms with van der Waals surface area (Å²) in [5.41, 5.74) is 9.11. The van der Waals surface area contributed by atoms with E-state index in [-0.39, 0.29) is 5.41 Å². The van der Waals surface area contributed by atoms with Crippen LogP contribution in [0.2, 0.25) is 5.02 Å². The molecule has 2 aliphatic rings. The van der Waals surface area contributed by atoms with Crippen molar-refractivity contribution in [2.45, 2.75) is 75.5 Å². The largest absolute Gasteiger partial charge is 0.330 e. The Kier molecular flexibility index (Phi) is 4.91. The fraction of sp³-hybridized carbons (Fsp3) is 0.684. The number of nitrogens with two attached hydrogens (primary N) is 1. The highest BCUT2D eigenvalue weighted by Crippen LogP contribution is 2.42. The van der Waals surface area contributed by atoms with Crippen molar-refractivity contribution >= 4 is 11.6 Å². The van der Waals surface area contributed by atoms with E-state index in [0.717, 1.165) is 11.6 Å². The normalized spacial score (nSPS) is 23.1. The van der Waals surface area contributed by atoms with Crippen molar-refractivity contribution in [3.63, 3.8) is 0 Å². The fourth-order valence-corrected chi connectivity index (χ4v) is 4.78. The van der Waals surface area contributed by atoms with Crippen LogP contribution in [0.4, 0.5) is 0 Å². The molecule has 0 spiro atoms. The van der Waals surface area contributed by atoms with E-state index < -0.39 is 0 Å². The van der Waals surface area contributed by atoms with E-state index >= 15 is 0 Å². The van der Waals surface area contributed by atoms with Crippen molar-refractivity contribution in [2.24, 2.45) is 5.73 Å². The molecule has 0 amide bonds. The Morgan fingerprint density at radius 3 is 2.29 bits per heavy atom. The average molecular weight is 306 g/mol. The van der Waals surface area contributed by atoms with E-state index in [9.17, 15) is 0 Å². The van der Waals surface area contributed by atoms with Crippen LogP contribution in [0.25, 0.3) is 0 Å². The van der Waals surface area contributed by atoms with Crippen LogP contribution in [0.15, 0.2) is 18.2 Å². The van der Waals surface area contributed by atoms with E-state index in [1.165, 1.54) is 75.3 Å². The first-order valence-corrected chi connectivity index (χ1v) is 9.13. The zero-order valence-corrected chi connectivity index (χ0v) is 13.8. The Labute approximate surface area is 134 Å². The summed E-state index contributed by atoms with van der Waals surface area (Å²) < 4.78 is 0. The Morgan fingerprint density at radius 2 is 1.67 bits per heavy atom. The zero-order chi connectivity index (χ0) is 14.7. The van der Waals surface area contributed by atoms with Gasteiger partial charge in [-0.15, -0.1) is 0 Å². The third kappa shape index (κ3) is 3.14. The number of halogens is 1. The molecule has 0 atom stereocenters. The molecule has 0 bridgehead atoms. The topological polar surface area (TPSA) is 26.0 Å². The summed E-state index contributed by atoms with van der Waals surface area (Å²) in [7, 11) is 0. The Balaban J connectivity index is 1.85. The van der Waals surface area contributed by atoms with Gasteiger partial charge in [-0.1, -0.05) is 62.3 Å².